The second kappa shape index (κ2) is 5.88. The van der Waals surface area contributed by atoms with E-state index in [0.717, 1.165) is 11.4 Å². The van der Waals surface area contributed by atoms with Gasteiger partial charge in [-0.15, -0.1) is 11.3 Å². The zero-order chi connectivity index (χ0) is 15.6. The Morgan fingerprint density at radius 1 is 1.27 bits per heavy atom. The van der Waals surface area contributed by atoms with Crippen LogP contribution < -0.4 is 5.32 Å². The number of benzene rings is 1. The minimum atomic E-state index is -1.03. The quantitative estimate of drug-likeness (QED) is 0.854. The van der Waals surface area contributed by atoms with Crippen LogP contribution in [0, 0.1) is 0 Å². The lowest BCUT2D eigenvalue weighted by molar-refractivity contribution is -0.143. The highest BCUT2D eigenvalue weighted by Gasteiger charge is 2.51. The Bertz CT molecular complexity index is 692. The van der Waals surface area contributed by atoms with Crippen LogP contribution in [0.5, 0.6) is 0 Å². The third-order valence-corrected chi connectivity index (χ3v) is 4.57. The van der Waals surface area contributed by atoms with Crippen LogP contribution in [0.15, 0.2) is 35.7 Å². The standard InChI is InChI=1S/C16H16N2O3S/c19-13(18-16(6-7-16)15(20)21)9-12-10-22-14(17-12)8-11-4-2-1-3-5-11/h1-5,10H,6-9H2,(H,18,19)(H,20,21). The van der Waals surface area contributed by atoms with Crippen LogP contribution in [-0.4, -0.2) is 27.5 Å². The molecule has 0 spiro atoms. The first-order chi connectivity index (χ1) is 10.6. The fourth-order valence-electron chi connectivity index (χ4n) is 2.27. The van der Waals surface area contributed by atoms with Crippen molar-refractivity contribution in [1.29, 1.82) is 0 Å². The van der Waals surface area contributed by atoms with Gasteiger partial charge in [0.1, 0.15) is 5.54 Å². The molecule has 3 rings (SSSR count). The molecule has 1 saturated carbocycles. The summed E-state index contributed by atoms with van der Waals surface area (Å²) < 4.78 is 0. The first-order valence-corrected chi connectivity index (χ1v) is 7.97. The van der Waals surface area contributed by atoms with Gasteiger partial charge < -0.3 is 10.4 Å². The van der Waals surface area contributed by atoms with Crippen molar-refractivity contribution in [2.75, 3.05) is 0 Å². The third-order valence-electron chi connectivity index (χ3n) is 3.68. The van der Waals surface area contributed by atoms with Gasteiger partial charge in [-0.2, -0.15) is 0 Å². The van der Waals surface area contributed by atoms with E-state index in [2.05, 4.69) is 10.3 Å². The number of carboxylic acids is 1. The number of nitrogens with zero attached hydrogens (tertiary/aromatic N) is 1. The Kier molecular flexibility index (Phi) is 3.94. The molecule has 0 radical (unpaired) electrons. The second-order valence-electron chi connectivity index (χ2n) is 5.51. The summed E-state index contributed by atoms with van der Waals surface area (Å²) >= 11 is 1.52. The van der Waals surface area contributed by atoms with E-state index >= 15 is 0 Å². The largest absolute Gasteiger partial charge is 0.480 e. The fraction of sp³-hybridized carbons (Fsp3) is 0.312. The number of carbonyl (C=O) groups is 2. The number of carbonyl (C=O) groups excluding carboxylic acids is 1. The maximum absolute atomic E-state index is 11.9. The van der Waals surface area contributed by atoms with Crippen LogP contribution in [0.2, 0.25) is 0 Å². The fourth-order valence-corrected chi connectivity index (χ4v) is 3.10. The molecule has 0 saturated heterocycles. The summed E-state index contributed by atoms with van der Waals surface area (Å²) in [7, 11) is 0. The molecule has 22 heavy (non-hydrogen) atoms. The van der Waals surface area contributed by atoms with Gasteiger partial charge in [-0.05, 0) is 18.4 Å². The van der Waals surface area contributed by atoms with Crippen molar-refractivity contribution in [2.45, 2.75) is 31.2 Å². The molecule has 1 fully saturated rings. The summed E-state index contributed by atoms with van der Waals surface area (Å²) in [6.45, 7) is 0. The Morgan fingerprint density at radius 3 is 2.64 bits per heavy atom. The second-order valence-corrected chi connectivity index (χ2v) is 6.45. The number of thiazole rings is 1. The molecule has 2 aromatic rings. The lowest BCUT2D eigenvalue weighted by Gasteiger charge is -2.11. The van der Waals surface area contributed by atoms with Crippen molar-refractivity contribution in [2.24, 2.45) is 0 Å². The SMILES string of the molecule is O=C(Cc1csc(Cc2ccccc2)n1)NC1(C(=O)O)CC1. The summed E-state index contributed by atoms with van der Waals surface area (Å²) in [5.41, 5.74) is 0.838. The van der Waals surface area contributed by atoms with Crippen LogP contribution in [0.1, 0.15) is 29.1 Å². The van der Waals surface area contributed by atoms with Gasteiger partial charge in [0.25, 0.3) is 0 Å². The molecule has 0 unspecified atom stereocenters. The topological polar surface area (TPSA) is 79.3 Å². The summed E-state index contributed by atoms with van der Waals surface area (Å²) in [6.07, 6.45) is 1.88. The highest BCUT2D eigenvalue weighted by atomic mass is 32.1. The molecule has 114 valence electrons. The third kappa shape index (κ3) is 3.33. The first kappa shape index (κ1) is 14.7. The Morgan fingerprint density at radius 2 is 2.00 bits per heavy atom. The molecule has 1 amide bonds. The van der Waals surface area contributed by atoms with Crippen LogP contribution in [-0.2, 0) is 22.4 Å². The van der Waals surface area contributed by atoms with E-state index < -0.39 is 11.5 Å². The number of carboxylic acid groups (broad SMARTS) is 1. The van der Waals surface area contributed by atoms with Crippen LogP contribution in [0.4, 0.5) is 0 Å². The van der Waals surface area contributed by atoms with Crippen molar-refractivity contribution in [3.8, 4) is 0 Å². The highest BCUT2D eigenvalue weighted by Crippen LogP contribution is 2.35. The molecule has 1 aromatic carbocycles. The Balaban J connectivity index is 1.58. The van der Waals surface area contributed by atoms with Crippen molar-refractivity contribution in [1.82, 2.24) is 10.3 Å². The van der Waals surface area contributed by atoms with E-state index in [1.807, 2.05) is 35.7 Å². The van der Waals surface area contributed by atoms with Crippen molar-refractivity contribution >= 4 is 23.2 Å². The number of hydrogen-bond donors (Lipinski definition) is 2. The summed E-state index contributed by atoms with van der Waals surface area (Å²) in [5.74, 6) is -1.24. The molecule has 5 nitrogen and oxygen atoms in total. The number of aliphatic carboxylic acids is 1. The molecule has 0 aliphatic heterocycles. The van der Waals surface area contributed by atoms with E-state index in [4.69, 9.17) is 5.11 Å². The van der Waals surface area contributed by atoms with Gasteiger partial charge in [0.2, 0.25) is 5.91 Å². The zero-order valence-corrected chi connectivity index (χ0v) is 12.7. The predicted octanol–water partition coefficient (Wildman–Crippen LogP) is 2.01. The van der Waals surface area contributed by atoms with Gasteiger partial charge >= 0.3 is 5.97 Å². The normalized spacial score (nSPS) is 15.3. The van der Waals surface area contributed by atoms with E-state index in [-0.39, 0.29) is 12.3 Å². The molecule has 1 aliphatic carbocycles. The zero-order valence-electron chi connectivity index (χ0n) is 11.9. The summed E-state index contributed by atoms with van der Waals surface area (Å²) in [6, 6.07) is 10.0. The van der Waals surface area contributed by atoms with Crippen molar-refractivity contribution < 1.29 is 14.7 Å². The number of rotatable bonds is 6. The lowest BCUT2D eigenvalue weighted by Crippen LogP contribution is -2.43. The van der Waals surface area contributed by atoms with E-state index in [1.54, 1.807) is 0 Å². The number of aromatic nitrogens is 1. The van der Waals surface area contributed by atoms with E-state index in [0.29, 0.717) is 18.5 Å². The van der Waals surface area contributed by atoms with Gasteiger partial charge in [0.05, 0.1) is 17.1 Å². The molecule has 6 heteroatoms. The van der Waals surface area contributed by atoms with Crippen molar-refractivity contribution in [3.63, 3.8) is 0 Å². The van der Waals surface area contributed by atoms with Gasteiger partial charge in [-0.25, -0.2) is 9.78 Å². The van der Waals surface area contributed by atoms with Gasteiger partial charge in [-0.3, -0.25) is 4.79 Å². The minimum Gasteiger partial charge on any atom is -0.480 e. The number of amides is 1. The molecule has 1 aliphatic rings. The number of nitrogens with one attached hydrogen (secondary N) is 1. The van der Waals surface area contributed by atoms with Crippen LogP contribution >= 0.6 is 11.3 Å². The molecule has 0 bridgehead atoms. The molecular weight excluding hydrogens is 300 g/mol. The van der Waals surface area contributed by atoms with Crippen LogP contribution in [0.25, 0.3) is 0 Å². The van der Waals surface area contributed by atoms with Gasteiger partial charge in [0, 0.05) is 11.8 Å². The maximum atomic E-state index is 11.9. The summed E-state index contributed by atoms with van der Waals surface area (Å²) in [5, 5.41) is 14.5. The van der Waals surface area contributed by atoms with Gasteiger partial charge in [0.15, 0.2) is 0 Å². The molecular formula is C16H16N2O3S. The molecule has 2 N–H and O–H groups in total. The molecule has 1 heterocycles. The average Bonchev–Trinajstić information content (AvgIpc) is 3.14. The average molecular weight is 316 g/mol. The smallest absolute Gasteiger partial charge is 0.329 e. The Hall–Kier alpha value is -2.21. The van der Waals surface area contributed by atoms with Gasteiger partial charge in [-0.1, -0.05) is 30.3 Å². The summed E-state index contributed by atoms with van der Waals surface area (Å²) in [4.78, 5) is 27.4. The molecule has 0 atom stereocenters. The van der Waals surface area contributed by atoms with E-state index in [1.165, 1.54) is 16.9 Å². The van der Waals surface area contributed by atoms with Crippen molar-refractivity contribution in [3.05, 3.63) is 52.0 Å². The first-order valence-electron chi connectivity index (χ1n) is 7.09. The monoisotopic (exact) mass is 316 g/mol. The lowest BCUT2D eigenvalue weighted by atomic mass is 10.2. The van der Waals surface area contributed by atoms with Crippen LogP contribution in [0.3, 0.4) is 0 Å². The minimum absolute atomic E-state index is 0.125. The van der Waals surface area contributed by atoms with E-state index in [9.17, 15) is 9.59 Å². The Labute approximate surface area is 132 Å². The number of hydrogen-bond acceptors (Lipinski definition) is 4. The predicted molar refractivity (Wildman–Crippen MR) is 82.8 cm³/mol. The maximum Gasteiger partial charge on any atom is 0.329 e. The highest BCUT2D eigenvalue weighted by molar-refractivity contribution is 7.09. The molecule has 1 aromatic heterocycles.